The van der Waals surface area contributed by atoms with Gasteiger partial charge in [0.05, 0.1) is 20.1 Å². The molecule has 2 aromatic rings. The summed E-state index contributed by atoms with van der Waals surface area (Å²) in [5.41, 5.74) is 5.94. The lowest BCUT2D eigenvalue weighted by molar-refractivity contribution is -0.917. The molecule has 0 atom stereocenters. The summed E-state index contributed by atoms with van der Waals surface area (Å²) in [6, 6.07) is 22.0. The van der Waals surface area contributed by atoms with Gasteiger partial charge in [0.15, 0.2) is 0 Å². The minimum absolute atomic E-state index is 0. The molecule has 3 heterocycles. The Labute approximate surface area is 156 Å². The van der Waals surface area contributed by atoms with Crippen molar-refractivity contribution in [2.24, 2.45) is 5.92 Å². The molecule has 2 aromatic carbocycles. The van der Waals surface area contributed by atoms with Crippen LogP contribution in [-0.2, 0) is 0 Å². The van der Waals surface area contributed by atoms with Crippen LogP contribution in [0.2, 0.25) is 0 Å². The zero-order valence-electron chi connectivity index (χ0n) is 13.7. The summed E-state index contributed by atoms with van der Waals surface area (Å²) in [5.74, 6) is 0.787. The summed E-state index contributed by atoms with van der Waals surface area (Å²) < 4.78 is 1.23. The second kappa shape index (κ2) is 6.78. The molecule has 0 unspecified atom stereocenters. The first kappa shape index (κ1) is 16.7. The van der Waals surface area contributed by atoms with Gasteiger partial charge in [-0.05, 0) is 28.2 Å². The molecule has 2 heteroatoms. The molecule has 0 saturated carbocycles. The predicted octanol–water partition coefficient (Wildman–Crippen LogP) is 1.36. The molecule has 1 nitrogen and oxygen atoms in total. The first-order valence-electron chi connectivity index (χ1n) is 8.43. The van der Waals surface area contributed by atoms with E-state index in [0.717, 1.165) is 5.92 Å². The van der Waals surface area contributed by atoms with E-state index in [4.69, 9.17) is 0 Å². The zero-order chi connectivity index (χ0) is 15.0. The normalized spacial score (nSPS) is 25.8. The van der Waals surface area contributed by atoms with E-state index < -0.39 is 0 Å². The number of nitrogens with zero attached hydrogens (tertiary/aromatic N) is 1. The van der Waals surface area contributed by atoms with Crippen LogP contribution in [0.1, 0.15) is 24.0 Å². The van der Waals surface area contributed by atoms with Gasteiger partial charge in [-0.15, -0.1) is 0 Å². The minimum atomic E-state index is 0. The van der Waals surface area contributed by atoms with Gasteiger partial charge in [-0.25, -0.2) is 0 Å². The summed E-state index contributed by atoms with van der Waals surface area (Å²) in [6.07, 6.45) is 2.71. The Bertz CT molecular complexity index is 641. The molecule has 3 aliphatic rings. The van der Waals surface area contributed by atoms with E-state index in [1.165, 1.54) is 53.7 Å². The van der Waals surface area contributed by atoms with Crippen LogP contribution >= 0.6 is 0 Å². The lowest BCUT2D eigenvalue weighted by atomic mass is 9.77. The Kier molecular flexibility index (Phi) is 4.93. The van der Waals surface area contributed by atoms with Crippen molar-refractivity contribution in [1.82, 2.24) is 0 Å². The van der Waals surface area contributed by atoms with E-state index in [-0.39, 0.29) is 24.0 Å². The van der Waals surface area contributed by atoms with Gasteiger partial charge in [0.25, 0.3) is 0 Å². The molecule has 3 saturated heterocycles. The van der Waals surface area contributed by atoms with Gasteiger partial charge in [0, 0.05) is 12.8 Å². The highest BCUT2D eigenvalue weighted by Crippen LogP contribution is 2.41. The summed E-state index contributed by atoms with van der Waals surface area (Å²) >= 11 is 0. The quantitative estimate of drug-likeness (QED) is 0.512. The maximum Gasteiger partial charge on any atom is 0.101 e. The number of fused-ring (bicyclic) bond motifs is 3. The molecule has 0 N–H and O–H groups in total. The van der Waals surface area contributed by atoms with Gasteiger partial charge >= 0.3 is 0 Å². The number of quaternary nitrogens is 1. The van der Waals surface area contributed by atoms with Crippen molar-refractivity contribution in [3.63, 3.8) is 0 Å². The second-order valence-corrected chi connectivity index (χ2v) is 7.13. The number of piperidine rings is 3. The van der Waals surface area contributed by atoms with Gasteiger partial charge in [-0.3, -0.25) is 0 Å². The number of benzene rings is 2. The first-order chi connectivity index (χ1) is 10.8. The Morgan fingerprint density at radius 2 is 1.30 bits per heavy atom. The van der Waals surface area contributed by atoms with Gasteiger partial charge in [0.1, 0.15) is 6.54 Å². The Balaban J connectivity index is 0.00000156. The molecule has 0 spiro atoms. The van der Waals surface area contributed by atoms with Crippen LogP contribution < -0.4 is 24.0 Å². The Hall–Kier alpha value is -1.13. The lowest BCUT2D eigenvalue weighted by Crippen LogP contribution is -3.00. The summed E-state index contributed by atoms with van der Waals surface area (Å²) in [4.78, 5) is 0. The van der Waals surface area contributed by atoms with Crippen molar-refractivity contribution in [1.29, 1.82) is 0 Å². The van der Waals surface area contributed by atoms with Gasteiger partial charge in [-0.2, -0.15) is 0 Å². The number of hydrogen-bond donors (Lipinski definition) is 0. The van der Waals surface area contributed by atoms with Crippen LogP contribution in [0.25, 0.3) is 5.57 Å². The van der Waals surface area contributed by atoms with Crippen LogP contribution in [0.3, 0.4) is 0 Å². The molecule has 3 aliphatic heterocycles. The highest BCUT2D eigenvalue weighted by atomic mass is 127. The third kappa shape index (κ3) is 3.24. The fourth-order valence-corrected chi connectivity index (χ4v) is 4.27. The maximum absolute atomic E-state index is 2.43. The number of halogens is 1. The molecule has 2 bridgehead atoms. The minimum Gasteiger partial charge on any atom is -1.00 e. The van der Waals surface area contributed by atoms with Crippen LogP contribution in [0.4, 0.5) is 0 Å². The molecular formula is C21H24IN. The predicted molar refractivity (Wildman–Crippen MR) is 92.4 cm³/mol. The standard InChI is InChI=1S/C21H24N.HI/c1-22-14-12-17(13-15-22)20(16-22)21(18-8-4-2-5-9-18)19-10-6-3-7-11-19;/h2-11,17H,12-16H2,1H3;1H/q+1;/p-1. The van der Waals surface area contributed by atoms with Crippen LogP contribution in [-0.4, -0.2) is 31.2 Å². The van der Waals surface area contributed by atoms with E-state index in [1.54, 1.807) is 5.57 Å². The number of likely N-dealkylation sites (N-methyl/N-ethyl adjacent to an activating group) is 1. The molecule has 0 amide bonds. The highest BCUT2D eigenvalue weighted by molar-refractivity contribution is 5.82. The van der Waals surface area contributed by atoms with E-state index in [0.29, 0.717) is 0 Å². The molecule has 3 fully saturated rings. The fourth-order valence-electron chi connectivity index (χ4n) is 4.27. The molecule has 5 rings (SSSR count). The van der Waals surface area contributed by atoms with Gasteiger partial charge < -0.3 is 28.5 Å². The number of rotatable bonds is 2. The average Bonchev–Trinajstić information content (AvgIpc) is 2.57. The monoisotopic (exact) mass is 417 g/mol. The summed E-state index contributed by atoms with van der Waals surface area (Å²) in [5, 5.41) is 0. The van der Waals surface area contributed by atoms with Crippen molar-refractivity contribution in [2.45, 2.75) is 12.8 Å². The third-order valence-electron chi connectivity index (χ3n) is 5.53. The third-order valence-corrected chi connectivity index (χ3v) is 5.53. The SMILES string of the molecule is C[N+]12CCC(CC1)C(=C(c1ccccc1)c1ccccc1)C2.[I-]. The fraction of sp³-hybridized carbons (Fsp3) is 0.333. The molecule has 0 aliphatic carbocycles. The van der Waals surface area contributed by atoms with Crippen molar-refractivity contribution < 1.29 is 28.5 Å². The summed E-state index contributed by atoms with van der Waals surface area (Å²) in [6.45, 7) is 3.93. The van der Waals surface area contributed by atoms with Crippen molar-refractivity contribution in [2.75, 3.05) is 26.7 Å². The number of hydrogen-bond acceptors (Lipinski definition) is 0. The highest BCUT2D eigenvalue weighted by Gasteiger charge is 2.41. The van der Waals surface area contributed by atoms with Crippen LogP contribution in [0.15, 0.2) is 66.2 Å². The lowest BCUT2D eigenvalue weighted by Gasteiger charge is -2.48. The van der Waals surface area contributed by atoms with Gasteiger partial charge in [-0.1, -0.05) is 60.7 Å². The first-order valence-corrected chi connectivity index (χ1v) is 8.43. The van der Waals surface area contributed by atoms with E-state index in [9.17, 15) is 0 Å². The van der Waals surface area contributed by atoms with Crippen LogP contribution in [0, 0.1) is 5.92 Å². The van der Waals surface area contributed by atoms with E-state index in [1.807, 2.05) is 0 Å². The van der Waals surface area contributed by atoms with Crippen molar-refractivity contribution in [3.05, 3.63) is 77.4 Å². The second-order valence-electron chi connectivity index (χ2n) is 7.13. The Morgan fingerprint density at radius 3 is 1.74 bits per heavy atom. The van der Waals surface area contributed by atoms with Crippen molar-refractivity contribution >= 4 is 5.57 Å². The molecule has 120 valence electrons. The van der Waals surface area contributed by atoms with Gasteiger partial charge in [0.2, 0.25) is 0 Å². The summed E-state index contributed by atoms with van der Waals surface area (Å²) in [7, 11) is 2.43. The Morgan fingerprint density at radius 1 is 0.826 bits per heavy atom. The smallest absolute Gasteiger partial charge is 0.101 e. The molecule has 0 radical (unpaired) electrons. The molecule has 0 aromatic heterocycles. The van der Waals surface area contributed by atoms with Crippen LogP contribution in [0.5, 0.6) is 0 Å². The molecular weight excluding hydrogens is 393 g/mol. The van der Waals surface area contributed by atoms with E-state index in [2.05, 4.69) is 67.7 Å². The van der Waals surface area contributed by atoms with Crippen molar-refractivity contribution in [3.8, 4) is 0 Å². The topological polar surface area (TPSA) is 0 Å². The molecule has 23 heavy (non-hydrogen) atoms. The maximum atomic E-state index is 2.43. The average molecular weight is 417 g/mol. The van der Waals surface area contributed by atoms with E-state index >= 15 is 0 Å². The zero-order valence-corrected chi connectivity index (χ0v) is 15.9. The largest absolute Gasteiger partial charge is 1.00 e.